The zero-order valence-electron chi connectivity index (χ0n) is 13.3. The monoisotopic (exact) mass is 281 g/mol. The number of nitrogens with zero attached hydrogens (tertiary/aromatic N) is 3. The Labute approximate surface area is 121 Å². The van der Waals surface area contributed by atoms with Crippen LogP contribution in [0.25, 0.3) is 0 Å². The van der Waals surface area contributed by atoms with Gasteiger partial charge in [0.05, 0.1) is 0 Å². The van der Waals surface area contributed by atoms with Crippen LogP contribution in [0, 0.1) is 0 Å². The first-order valence-corrected chi connectivity index (χ1v) is 7.26. The lowest BCUT2D eigenvalue weighted by molar-refractivity contribution is 0.0295. The van der Waals surface area contributed by atoms with Gasteiger partial charge in [0.1, 0.15) is 5.60 Å². The molecule has 1 aromatic rings. The lowest BCUT2D eigenvalue weighted by Gasteiger charge is -2.23. The fourth-order valence-corrected chi connectivity index (χ4v) is 1.81. The standard InChI is InChI=1S/C9H17NO2.C6H10N2/c1-9(2,3)12-8(11)10-6-4-5-7-10;1-6(2)8-5-3-4-7-8/h4-7H2,1-3H3;3-6H,1-2H3. The van der Waals surface area contributed by atoms with Gasteiger partial charge in [-0.3, -0.25) is 4.68 Å². The maximum Gasteiger partial charge on any atom is 0.410 e. The molecule has 114 valence electrons. The summed E-state index contributed by atoms with van der Waals surface area (Å²) in [5, 5.41) is 4.03. The molecule has 0 atom stereocenters. The molecule has 1 fully saturated rings. The van der Waals surface area contributed by atoms with Crippen molar-refractivity contribution in [3.63, 3.8) is 0 Å². The van der Waals surface area contributed by atoms with Gasteiger partial charge in [-0.05, 0) is 53.5 Å². The van der Waals surface area contributed by atoms with Crippen molar-refractivity contribution >= 4 is 6.09 Å². The summed E-state index contributed by atoms with van der Waals surface area (Å²) in [6.45, 7) is 11.6. The number of rotatable bonds is 1. The highest BCUT2D eigenvalue weighted by atomic mass is 16.6. The van der Waals surface area contributed by atoms with Gasteiger partial charge in [-0.15, -0.1) is 0 Å². The SMILES string of the molecule is CC(C)(C)OC(=O)N1CCCC1.CC(C)n1cccn1. The number of likely N-dealkylation sites (tertiary alicyclic amines) is 1. The largest absolute Gasteiger partial charge is 0.444 e. The van der Waals surface area contributed by atoms with Crippen molar-refractivity contribution in [1.29, 1.82) is 0 Å². The predicted molar refractivity (Wildman–Crippen MR) is 79.7 cm³/mol. The number of hydrogen-bond donors (Lipinski definition) is 0. The normalized spacial score (nSPS) is 15.0. The first kappa shape index (κ1) is 16.5. The molecule has 2 heterocycles. The van der Waals surface area contributed by atoms with Crippen molar-refractivity contribution < 1.29 is 9.53 Å². The van der Waals surface area contributed by atoms with Crippen LogP contribution >= 0.6 is 0 Å². The lowest BCUT2D eigenvalue weighted by Crippen LogP contribution is -2.34. The molecule has 1 amide bonds. The third-order valence-corrected chi connectivity index (χ3v) is 2.81. The van der Waals surface area contributed by atoms with E-state index in [-0.39, 0.29) is 11.7 Å². The summed E-state index contributed by atoms with van der Waals surface area (Å²) < 4.78 is 7.13. The number of ether oxygens (including phenoxy) is 1. The van der Waals surface area contributed by atoms with Crippen LogP contribution in [-0.2, 0) is 4.74 Å². The predicted octanol–water partition coefficient (Wildman–Crippen LogP) is 3.48. The minimum Gasteiger partial charge on any atom is -0.444 e. The number of carbonyl (C=O) groups is 1. The minimum atomic E-state index is -0.361. The van der Waals surface area contributed by atoms with Gasteiger partial charge in [-0.1, -0.05) is 0 Å². The molecule has 5 nitrogen and oxygen atoms in total. The van der Waals surface area contributed by atoms with E-state index in [2.05, 4.69) is 18.9 Å². The highest BCUT2D eigenvalue weighted by Gasteiger charge is 2.23. The summed E-state index contributed by atoms with van der Waals surface area (Å²) in [6.07, 6.45) is 5.81. The highest BCUT2D eigenvalue weighted by Crippen LogP contribution is 2.14. The van der Waals surface area contributed by atoms with Crippen LogP contribution in [0.2, 0.25) is 0 Å². The molecule has 0 spiro atoms. The van der Waals surface area contributed by atoms with Gasteiger partial charge in [0.25, 0.3) is 0 Å². The van der Waals surface area contributed by atoms with Crippen molar-refractivity contribution in [2.75, 3.05) is 13.1 Å². The number of carbonyl (C=O) groups excluding carboxylic acids is 1. The molecule has 1 saturated heterocycles. The van der Waals surface area contributed by atoms with Crippen molar-refractivity contribution in [2.45, 2.75) is 59.1 Å². The van der Waals surface area contributed by atoms with Crippen molar-refractivity contribution in [1.82, 2.24) is 14.7 Å². The highest BCUT2D eigenvalue weighted by molar-refractivity contribution is 5.68. The molecule has 1 aliphatic rings. The Morgan fingerprint density at radius 2 is 1.85 bits per heavy atom. The summed E-state index contributed by atoms with van der Waals surface area (Å²) in [5.41, 5.74) is -0.361. The Balaban J connectivity index is 0.000000217. The molecular weight excluding hydrogens is 254 g/mol. The molecule has 0 unspecified atom stereocenters. The van der Waals surface area contributed by atoms with E-state index >= 15 is 0 Å². The van der Waals surface area contributed by atoms with Crippen LogP contribution in [0.3, 0.4) is 0 Å². The number of amides is 1. The van der Waals surface area contributed by atoms with Crippen molar-refractivity contribution in [3.05, 3.63) is 18.5 Å². The molecule has 0 saturated carbocycles. The van der Waals surface area contributed by atoms with E-state index in [9.17, 15) is 4.79 Å². The summed E-state index contributed by atoms with van der Waals surface area (Å²) in [7, 11) is 0. The van der Waals surface area contributed by atoms with Gasteiger partial charge in [0.15, 0.2) is 0 Å². The van der Waals surface area contributed by atoms with Gasteiger partial charge >= 0.3 is 6.09 Å². The fraction of sp³-hybridized carbons (Fsp3) is 0.733. The Hall–Kier alpha value is -1.52. The molecule has 1 aliphatic heterocycles. The molecule has 20 heavy (non-hydrogen) atoms. The third kappa shape index (κ3) is 6.08. The van der Waals surface area contributed by atoms with E-state index in [1.807, 2.05) is 37.7 Å². The summed E-state index contributed by atoms with van der Waals surface area (Å²) in [5.74, 6) is 0. The van der Waals surface area contributed by atoms with E-state index in [4.69, 9.17) is 4.74 Å². The van der Waals surface area contributed by atoms with Crippen LogP contribution in [-0.4, -0.2) is 39.5 Å². The van der Waals surface area contributed by atoms with Gasteiger partial charge in [0.2, 0.25) is 0 Å². The Bertz CT molecular complexity index is 388. The summed E-state index contributed by atoms with van der Waals surface area (Å²) in [4.78, 5) is 13.1. The molecule has 0 N–H and O–H groups in total. The van der Waals surface area contributed by atoms with Crippen LogP contribution in [0.15, 0.2) is 18.5 Å². The third-order valence-electron chi connectivity index (χ3n) is 2.81. The van der Waals surface area contributed by atoms with E-state index in [1.54, 1.807) is 11.1 Å². The second kappa shape index (κ2) is 7.31. The minimum absolute atomic E-state index is 0.167. The molecule has 1 aromatic heterocycles. The first-order valence-electron chi connectivity index (χ1n) is 7.26. The van der Waals surface area contributed by atoms with Gasteiger partial charge in [-0.2, -0.15) is 5.10 Å². The molecular formula is C15H27N3O2. The molecule has 0 aliphatic carbocycles. The molecule has 0 radical (unpaired) electrons. The average molecular weight is 281 g/mol. The summed E-state index contributed by atoms with van der Waals surface area (Å²) >= 11 is 0. The number of hydrogen-bond acceptors (Lipinski definition) is 3. The first-order chi connectivity index (χ1) is 9.29. The van der Waals surface area contributed by atoms with Crippen LogP contribution in [0.4, 0.5) is 4.79 Å². The molecule has 0 aromatic carbocycles. The Morgan fingerprint density at radius 3 is 2.20 bits per heavy atom. The molecule has 2 rings (SSSR count). The number of aromatic nitrogens is 2. The average Bonchev–Trinajstić information content (AvgIpc) is 3.02. The quantitative estimate of drug-likeness (QED) is 0.791. The van der Waals surface area contributed by atoms with Crippen LogP contribution in [0.5, 0.6) is 0 Å². The topological polar surface area (TPSA) is 47.4 Å². The zero-order chi connectivity index (χ0) is 15.2. The van der Waals surface area contributed by atoms with E-state index in [0.717, 1.165) is 25.9 Å². The molecule has 5 heteroatoms. The van der Waals surface area contributed by atoms with Gasteiger partial charge < -0.3 is 9.64 Å². The maximum absolute atomic E-state index is 11.4. The second-order valence-corrected chi connectivity index (χ2v) is 6.25. The van der Waals surface area contributed by atoms with Crippen molar-refractivity contribution in [2.24, 2.45) is 0 Å². The summed E-state index contributed by atoms with van der Waals surface area (Å²) in [6, 6.07) is 2.42. The maximum atomic E-state index is 11.4. The van der Waals surface area contributed by atoms with Gasteiger partial charge in [-0.25, -0.2) is 4.79 Å². The smallest absolute Gasteiger partial charge is 0.410 e. The lowest BCUT2D eigenvalue weighted by atomic mass is 10.2. The fourth-order valence-electron chi connectivity index (χ4n) is 1.81. The Morgan fingerprint density at radius 1 is 1.25 bits per heavy atom. The van der Waals surface area contributed by atoms with Crippen LogP contribution < -0.4 is 0 Å². The van der Waals surface area contributed by atoms with E-state index < -0.39 is 0 Å². The van der Waals surface area contributed by atoms with E-state index in [0.29, 0.717) is 6.04 Å². The Kier molecular flexibility index (Phi) is 6.05. The van der Waals surface area contributed by atoms with E-state index in [1.165, 1.54) is 0 Å². The van der Waals surface area contributed by atoms with Gasteiger partial charge in [0, 0.05) is 31.5 Å². The molecule has 0 bridgehead atoms. The second-order valence-electron chi connectivity index (χ2n) is 6.25. The van der Waals surface area contributed by atoms with Crippen LogP contribution in [0.1, 0.15) is 53.5 Å². The van der Waals surface area contributed by atoms with Crippen molar-refractivity contribution in [3.8, 4) is 0 Å². The zero-order valence-corrected chi connectivity index (χ0v) is 13.3.